The lowest BCUT2D eigenvalue weighted by atomic mass is 10.2. The molecule has 0 aromatic carbocycles. The summed E-state index contributed by atoms with van der Waals surface area (Å²) in [6.45, 7) is 4.97. The van der Waals surface area contributed by atoms with Gasteiger partial charge in [-0.3, -0.25) is 0 Å². The van der Waals surface area contributed by atoms with E-state index in [-0.39, 0.29) is 5.57 Å². The summed E-state index contributed by atoms with van der Waals surface area (Å²) in [5, 5.41) is 16.1. The molecule has 0 bridgehead atoms. The first-order chi connectivity index (χ1) is 7.76. The highest BCUT2D eigenvalue weighted by atomic mass is 14.5. The fraction of sp³-hybridized carbons (Fsp3) is 0.500. The van der Waals surface area contributed by atoms with Crippen LogP contribution in [0.2, 0.25) is 0 Å². The smallest absolute Gasteiger partial charge is 0.129 e. The molecule has 0 aromatic heterocycles. The molecular weight excluding hydrogens is 200 g/mol. The van der Waals surface area contributed by atoms with Crippen molar-refractivity contribution in [3.63, 3.8) is 0 Å². The Bertz CT molecular complexity index is 246. The Labute approximate surface area is 97.8 Å². The number of nitrogens with zero attached hydrogens (tertiary/aromatic N) is 2. The van der Waals surface area contributed by atoms with Crippen LogP contribution < -0.4 is 11.5 Å². The standard InChI is InChI=1S/C6H4N2.C6H16N2/c1-2-3-6(4-7)5-8;7-5-3-1-2-4-6-8/h2-3H,1H2;1-8H2. The van der Waals surface area contributed by atoms with E-state index in [1.165, 1.54) is 25.0 Å². The van der Waals surface area contributed by atoms with Gasteiger partial charge in [0.2, 0.25) is 0 Å². The largest absolute Gasteiger partial charge is 0.330 e. The zero-order valence-corrected chi connectivity index (χ0v) is 9.65. The number of allylic oxidation sites excluding steroid dienone is 3. The first-order valence-electron chi connectivity index (χ1n) is 5.29. The minimum Gasteiger partial charge on any atom is -0.330 e. The van der Waals surface area contributed by atoms with Gasteiger partial charge < -0.3 is 11.5 Å². The highest BCUT2D eigenvalue weighted by molar-refractivity contribution is 5.37. The lowest BCUT2D eigenvalue weighted by Crippen LogP contribution is -2.00. The van der Waals surface area contributed by atoms with E-state index in [0.29, 0.717) is 0 Å². The van der Waals surface area contributed by atoms with Crippen molar-refractivity contribution in [1.82, 2.24) is 0 Å². The molecule has 0 rings (SSSR count). The van der Waals surface area contributed by atoms with Crippen molar-refractivity contribution in [3.05, 3.63) is 24.3 Å². The van der Waals surface area contributed by atoms with Gasteiger partial charge in [-0.2, -0.15) is 10.5 Å². The molecule has 0 radical (unpaired) electrons. The number of nitrogens with two attached hydrogens (primary N) is 2. The Hall–Kier alpha value is -1.62. The van der Waals surface area contributed by atoms with E-state index in [0.717, 1.165) is 25.9 Å². The van der Waals surface area contributed by atoms with Crippen LogP contribution in [0.3, 0.4) is 0 Å². The van der Waals surface area contributed by atoms with Crippen LogP contribution in [0.5, 0.6) is 0 Å². The van der Waals surface area contributed by atoms with E-state index >= 15 is 0 Å². The van der Waals surface area contributed by atoms with Crippen LogP contribution in [0.1, 0.15) is 25.7 Å². The zero-order chi connectivity index (χ0) is 12.6. The Morgan fingerprint density at radius 3 is 1.62 bits per heavy atom. The number of hydrogen-bond acceptors (Lipinski definition) is 4. The molecule has 0 spiro atoms. The molecule has 0 saturated heterocycles. The third kappa shape index (κ3) is 14.9. The van der Waals surface area contributed by atoms with Gasteiger partial charge in [-0.1, -0.05) is 25.5 Å². The Morgan fingerprint density at radius 1 is 1.00 bits per heavy atom. The van der Waals surface area contributed by atoms with E-state index < -0.39 is 0 Å². The molecule has 88 valence electrons. The summed E-state index contributed by atoms with van der Waals surface area (Å²) in [5.41, 5.74) is 10.6. The molecule has 0 amide bonds. The summed E-state index contributed by atoms with van der Waals surface area (Å²) < 4.78 is 0. The van der Waals surface area contributed by atoms with Crippen molar-refractivity contribution >= 4 is 0 Å². The second-order valence-corrected chi connectivity index (χ2v) is 3.03. The van der Waals surface area contributed by atoms with E-state index in [2.05, 4.69) is 6.58 Å². The number of unbranched alkanes of at least 4 members (excludes halogenated alkanes) is 3. The molecule has 0 atom stereocenters. The van der Waals surface area contributed by atoms with Crippen LogP contribution in [-0.2, 0) is 0 Å². The molecule has 16 heavy (non-hydrogen) atoms. The fourth-order valence-corrected chi connectivity index (χ4v) is 0.860. The molecule has 0 saturated carbocycles. The van der Waals surface area contributed by atoms with Crippen LogP contribution in [0.4, 0.5) is 0 Å². The monoisotopic (exact) mass is 220 g/mol. The minimum absolute atomic E-state index is 0.0833. The zero-order valence-electron chi connectivity index (χ0n) is 9.65. The predicted molar refractivity (Wildman–Crippen MR) is 66.1 cm³/mol. The van der Waals surface area contributed by atoms with Gasteiger partial charge in [-0.05, 0) is 32.0 Å². The lowest BCUT2D eigenvalue weighted by molar-refractivity contribution is 0.653. The van der Waals surface area contributed by atoms with Gasteiger partial charge in [0.05, 0.1) is 0 Å². The van der Waals surface area contributed by atoms with Gasteiger partial charge in [0.1, 0.15) is 17.7 Å². The first kappa shape index (κ1) is 16.8. The number of rotatable bonds is 6. The Kier molecular flexibility index (Phi) is 16.6. The SMILES string of the molecule is C=CC=C(C#N)C#N.NCCCCCCN. The molecule has 4 heteroatoms. The summed E-state index contributed by atoms with van der Waals surface area (Å²) in [7, 11) is 0. The Morgan fingerprint density at radius 2 is 1.44 bits per heavy atom. The van der Waals surface area contributed by atoms with Crippen molar-refractivity contribution in [1.29, 1.82) is 10.5 Å². The van der Waals surface area contributed by atoms with Crippen LogP contribution >= 0.6 is 0 Å². The Balaban J connectivity index is 0. The van der Waals surface area contributed by atoms with Crippen molar-refractivity contribution in [2.45, 2.75) is 25.7 Å². The highest BCUT2D eigenvalue weighted by Gasteiger charge is 1.84. The molecule has 0 aromatic rings. The molecule has 0 fully saturated rings. The summed E-state index contributed by atoms with van der Waals surface area (Å²) in [4.78, 5) is 0. The van der Waals surface area contributed by atoms with Gasteiger partial charge in [-0.25, -0.2) is 0 Å². The predicted octanol–water partition coefficient (Wildman–Crippen LogP) is 1.61. The summed E-state index contributed by atoms with van der Waals surface area (Å²) in [6.07, 6.45) is 7.56. The maximum atomic E-state index is 8.07. The molecular formula is C12H20N4. The van der Waals surface area contributed by atoms with Gasteiger partial charge in [0, 0.05) is 0 Å². The molecule has 0 aliphatic carbocycles. The quantitative estimate of drug-likeness (QED) is 0.403. The highest BCUT2D eigenvalue weighted by Crippen LogP contribution is 1.95. The lowest BCUT2D eigenvalue weighted by Gasteiger charge is -1.94. The molecule has 0 unspecified atom stereocenters. The second-order valence-electron chi connectivity index (χ2n) is 3.03. The maximum absolute atomic E-state index is 8.07. The second kappa shape index (κ2) is 15.8. The molecule has 0 aliphatic heterocycles. The molecule has 4 N–H and O–H groups in total. The number of nitriles is 2. The summed E-state index contributed by atoms with van der Waals surface area (Å²) in [6, 6.07) is 3.36. The van der Waals surface area contributed by atoms with Gasteiger partial charge in [-0.15, -0.1) is 0 Å². The maximum Gasteiger partial charge on any atom is 0.129 e. The normalized spacial score (nSPS) is 7.75. The van der Waals surface area contributed by atoms with Crippen molar-refractivity contribution in [2.24, 2.45) is 11.5 Å². The van der Waals surface area contributed by atoms with Crippen molar-refractivity contribution in [2.75, 3.05) is 13.1 Å². The van der Waals surface area contributed by atoms with Crippen LogP contribution in [0, 0.1) is 22.7 Å². The third-order valence-electron chi connectivity index (χ3n) is 1.68. The van der Waals surface area contributed by atoms with Gasteiger partial charge >= 0.3 is 0 Å². The average Bonchev–Trinajstić information content (AvgIpc) is 2.32. The topological polar surface area (TPSA) is 99.6 Å². The molecule has 0 heterocycles. The van der Waals surface area contributed by atoms with E-state index in [1.54, 1.807) is 12.1 Å². The summed E-state index contributed by atoms with van der Waals surface area (Å²) >= 11 is 0. The van der Waals surface area contributed by atoms with Crippen LogP contribution in [-0.4, -0.2) is 13.1 Å². The van der Waals surface area contributed by atoms with Gasteiger partial charge in [0.25, 0.3) is 0 Å². The molecule has 4 nitrogen and oxygen atoms in total. The first-order valence-corrected chi connectivity index (χ1v) is 5.29. The van der Waals surface area contributed by atoms with E-state index in [9.17, 15) is 0 Å². The fourth-order valence-electron chi connectivity index (χ4n) is 0.860. The minimum atomic E-state index is 0.0833. The summed E-state index contributed by atoms with van der Waals surface area (Å²) in [5.74, 6) is 0. The van der Waals surface area contributed by atoms with E-state index in [4.69, 9.17) is 22.0 Å². The van der Waals surface area contributed by atoms with Crippen LogP contribution in [0.15, 0.2) is 24.3 Å². The average molecular weight is 220 g/mol. The van der Waals surface area contributed by atoms with Crippen molar-refractivity contribution in [3.8, 4) is 12.1 Å². The van der Waals surface area contributed by atoms with Crippen molar-refractivity contribution < 1.29 is 0 Å². The third-order valence-corrected chi connectivity index (χ3v) is 1.68. The van der Waals surface area contributed by atoms with Crippen LogP contribution in [0.25, 0.3) is 0 Å². The van der Waals surface area contributed by atoms with E-state index in [1.807, 2.05) is 0 Å². The number of hydrogen-bond donors (Lipinski definition) is 2. The van der Waals surface area contributed by atoms with Gasteiger partial charge in [0.15, 0.2) is 0 Å². The molecule has 0 aliphatic rings.